The van der Waals surface area contributed by atoms with E-state index >= 15 is 0 Å². The molecular weight excluding hydrogens is 524 g/mol. The van der Waals surface area contributed by atoms with Gasteiger partial charge in [-0.2, -0.15) is 9.36 Å². The number of primary amides is 1. The number of nitrogens with zero attached hydrogens (tertiary/aromatic N) is 5. The summed E-state index contributed by atoms with van der Waals surface area (Å²) in [6, 6.07) is -0.945. The van der Waals surface area contributed by atoms with E-state index in [4.69, 9.17) is 16.3 Å². The molecule has 3 amide bonds. The van der Waals surface area contributed by atoms with Gasteiger partial charge in [-0.1, -0.05) is 5.16 Å². The molecule has 14 nitrogen and oxygen atoms in total. The molecule has 0 saturated carbocycles. The molecule has 1 aromatic rings. The van der Waals surface area contributed by atoms with E-state index in [2.05, 4.69) is 19.8 Å². The minimum Gasteiger partial charge on any atom is -0.477 e. The lowest BCUT2D eigenvalue weighted by Gasteiger charge is -2.55. The molecule has 2 atom stereocenters. The number of β-lactam (4-membered cyclic amide) rings is 1. The van der Waals surface area contributed by atoms with Crippen molar-refractivity contribution in [2.45, 2.75) is 30.7 Å². The number of nitrogen functional groups attached to an aromatic ring is 1. The van der Waals surface area contributed by atoms with Gasteiger partial charge in [0, 0.05) is 42.1 Å². The van der Waals surface area contributed by atoms with E-state index in [9.17, 15) is 24.3 Å². The van der Waals surface area contributed by atoms with Gasteiger partial charge in [-0.15, -0.1) is 11.8 Å². The Kier molecular flexibility index (Phi) is 6.35. The van der Waals surface area contributed by atoms with Crippen LogP contribution in [0.15, 0.2) is 16.4 Å². The maximum absolute atomic E-state index is 13.1. The van der Waals surface area contributed by atoms with Gasteiger partial charge in [-0.25, -0.2) is 4.79 Å². The van der Waals surface area contributed by atoms with Crippen molar-refractivity contribution in [2.24, 2.45) is 16.3 Å². The fourth-order valence-electron chi connectivity index (χ4n) is 5.70. The highest BCUT2D eigenvalue weighted by Gasteiger charge is 2.57. The van der Waals surface area contributed by atoms with Crippen molar-refractivity contribution < 1.29 is 33.6 Å². The van der Waals surface area contributed by atoms with Crippen LogP contribution in [0.25, 0.3) is 0 Å². The highest BCUT2D eigenvalue weighted by atomic mass is 32.2. The number of carbonyl (C=O) groups excluding carboxylic acids is 3. The summed E-state index contributed by atoms with van der Waals surface area (Å²) >= 11 is 2.28. The molecule has 5 aliphatic rings. The van der Waals surface area contributed by atoms with E-state index in [0.717, 1.165) is 31.2 Å². The van der Waals surface area contributed by atoms with E-state index in [1.54, 1.807) is 0 Å². The van der Waals surface area contributed by atoms with Crippen molar-refractivity contribution in [3.05, 3.63) is 17.1 Å². The number of aromatic nitrogens is 2. The number of carbonyl (C=O) groups is 4. The number of rotatable bonds is 8. The van der Waals surface area contributed by atoms with E-state index in [1.165, 1.54) is 23.8 Å². The first-order valence-electron chi connectivity index (χ1n) is 11.7. The normalized spacial score (nSPS) is 31.0. The summed E-state index contributed by atoms with van der Waals surface area (Å²) in [5.74, 6) is -2.31. The number of carboxylic acid groups (broad SMARTS) is 1. The second kappa shape index (κ2) is 9.25. The number of hydrogen-bond donors (Lipinski definition) is 4. The van der Waals surface area contributed by atoms with Crippen LogP contribution in [-0.2, 0) is 24.0 Å². The maximum atomic E-state index is 13.1. The predicted molar refractivity (Wildman–Crippen MR) is 133 cm³/mol. The van der Waals surface area contributed by atoms with Gasteiger partial charge in [-0.3, -0.25) is 19.3 Å². The summed E-state index contributed by atoms with van der Waals surface area (Å²) in [5, 5.41) is 15.9. The lowest BCUT2D eigenvalue weighted by molar-refractivity contribution is -0.940. The van der Waals surface area contributed by atoms with Gasteiger partial charge >= 0.3 is 5.97 Å². The number of nitrogens with two attached hydrogens (primary N) is 2. The first kappa shape index (κ1) is 25.4. The number of aliphatic carboxylic acids is 1. The molecule has 0 radical (unpaired) electrons. The quantitative estimate of drug-likeness (QED) is 0.130. The molecule has 0 aliphatic carbocycles. The molecule has 16 heteroatoms. The summed E-state index contributed by atoms with van der Waals surface area (Å²) in [6.45, 7) is 2.74. The van der Waals surface area contributed by atoms with Crippen molar-refractivity contribution in [1.29, 1.82) is 0 Å². The fraction of sp³-hybridized carbons (Fsp3) is 0.571. The zero-order valence-corrected chi connectivity index (χ0v) is 21.6. The van der Waals surface area contributed by atoms with Crippen LogP contribution in [0, 0.1) is 5.41 Å². The minimum atomic E-state index is -1.18. The van der Waals surface area contributed by atoms with E-state index in [0.29, 0.717) is 41.6 Å². The molecule has 0 spiro atoms. The molecule has 4 fully saturated rings. The van der Waals surface area contributed by atoms with Crippen LogP contribution in [0.3, 0.4) is 0 Å². The molecule has 198 valence electrons. The minimum absolute atomic E-state index is 0.0243. The number of fused-ring (bicyclic) bond motifs is 4. The third-order valence-electron chi connectivity index (χ3n) is 7.83. The Bertz CT molecular complexity index is 1220. The second-order valence-corrected chi connectivity index (χ2v) is 11.7. The number of carboxylic acids is 1. The Morgan fingerprint density at radius 2 is 1.97 bits per heavy atom. The Hall–Kier alpha value is -3.24. The molecule has 2 bridgehead atoms. The van der Waals surface area contributed by atoms with Gasteiger partial charge in [0.25, 0.3) is 11.8 Å². The lowest BCUT2D eigenvalue weighted by atomic mass is 9.70. The first-order chi connectivity index (χ1) is 17.6. The molecule has 0 aromatic carbocycles. The van der Waals surface area contributed by atoms with Crippen molar-refractivity contribution >= 4 is 57.8 Å². The van der Waals surface area contributed by atoms with E-state index < -0.39 is 34.6 Å². The zero-order valence-electron chi connectivity index (χ0n) is 20.0. The maximum Gasteiger partial charge on any atom is 0.352 e. The van der Waals surface area contributed by atoms with Gasteiger partial charge < -0.3 is 31.2 Å². The Labute approximate surface area is 219 Å². The number of hydrogen-bond acceptors (Lipinski definition) is 11. The summed E-state index contributed by atoms with van der Waals surface area (Å²) < 4.78 is 4.65. The SMILES string of the molecule is CO/N=C(/C(=O)NC1C(=O)N2C(C(=O)O)=C(C[N+]34CCC(C(N)=O)(CC3)CC4)CSC12)c1nsc(N)n1. The highest BCUT2D eigenvalue weighted by molar-refractivity contribution is 8.00. The smallest absolute Gasteiger partial charge is 0.352 e. The summed E-state index contributed by atoms with van der Waals surface area (Å²) in [5.41, 5.74) is 11.2. The molecular formula is C21H27N8O6S2+. The van der Waals surface area contributed by atoms with E-state index in [1.807, 2.05) is 0 Å². The van der Waals surface area contributed by atoms with Crippen molar-refractivity contribution in [2.75, 3.05) is 44.8 Å². The van der Waals surface area contributed by atoms with Gasteiger partial charge in [0.05, 0.1) is 25.0 Å². The summed E-state index contributed by atoms with van der Waals surface area (Å²) in [7, 11) is 1.26. The largest absolute Gasteiger partial charge is 0.477 e. The molecule has 6 N–H and O–H groups in total. The topological polar surface area (TPSA) is 203 Å². The average molecular weight is 552 g/mol. The van der Waals surface area contributed by atoms with Gasteiger partial charge in [0.15, 0.2) is 5.13 Å². The number of quaternary nitrogens is 1. The van der Waals surface area contributed by atoms with Crippen LogP contribution >= 0.6 is 23.3 Å². The Morgan fingerprint density at radius 1 is 1.30 bits per heavy atom. The number of amides is 3. The number of nitrogens with one attached hydrogen (secondary N) is 1. The van der Waals surface area contributed by atoms with Crippen LogP contribution in [0.1, 0.15) is 25.1 Å². The van der Waals surface area contributed by atoms with Crippen LogP contribution < -0.4 is 16.8 Å². The van der Waals surface area contributed by atoms with Crippen LogP contribution in [0.4, 0.5) is 5.13 Å². The molecule has 2 unspecified atom stereocenters. The molecule has 5 aliphatic heterocycles. The summed E-state index contributed by atoms with van der Waals surface area (Å²) in [6.07, 6.45) is 2.07. The van der Waals surface area contributed by atoms with Crippen LogP contribution in [0.5, 0.6) is 0 Å². The Morgan fingerprint density at radius 3 is 2.51 bits per heavy atom. The van der Waals surface area contributed by atoms with Crippen LogP contribution in [0.2, 0.25) is 0 Å². The van der Waals surface area contributed by atoms with Crippen molar-refractivity contribution in [3.8, 4) is 0 Å². The lowest BCUT2D eigenvalue weighted by Crippen LogP contribution is -2.71. The zero-order chi connectivity index (χ0) is 26.5. The third-order valence-corrected chi connectivity index (χ3v) is 9.71. The standard InChI is InChI=1S/C21H26N8O6S2/c1-35-26-11(14-25-20(23)37-27-14)15(30)24-12-16(31)28-13(18(32)33)10(9-36-17(12)28)8-29-5-2-21(3-6-29,4-7-29)19(22)34/h12,17H,2-9H2,1H3,(H5-,22,23,24,25,27,30,32,33,34)/p+1/b26-11+. The molecule has 37 heavy (non-hydrogen) atoms. The summed E-state index contributed by atoms with van der Waals surface area (Å²) in [4.78, 5) is 60.2. The second-order valence-electron chi connectivity index (χ2n) is 9.76. The number of anilines is 1. The Balaban J connectivity index is 1.32. The van der Waals surface area contributed by atoms with Gasteiger partial charge in [0.2, 0.25) is 17.4 Å². The van der Waals surface area contributed by atoms with Gasteiger partial charge in [-0.05, 0) is 0 Å². The van der Waals surface area contributed by atoms with Crippen molar-refractivity contribution in [1.82, 2.24) is 19.6 Å². The number of oxime groups is 1. The molecule has 6 rings (SSSR count). The van der Waals surface area contributed by atoms with E-state index in [-0.39, 0.29) is 28.3 Å². The molecule has 4 saturated heterocycles. The number of thioether (sulfide) groups is 1. The van der Waals surface area contributed by atoms with Crippen molar-refractivity contribution in [3.63, 3.8) is 0 Å². The first-order valence-corrected chi connectivity index (χ1v) is 13.5. The molecule has 6 heterocycles. The highest BCUT2D eigenvalue weighted by Crippen LogP contribution is 2.46. The fourth-order valence-corrected chi connectivity index (χ4v) is 7.47. The average Bonchev–Trinajstić information content (AvgIpc) is 3.31. The van der Waals surface area contributed by atoms with Gasteiger partial charge in [0.1, 0.15) is 30.8 Å². The predicted octanol–water partition coefficient (Wildman–Crippen LogP) is -1.30. The number of piperidine rings is 3. The third kappa shape index (κ3) is 4.21. The monoisotopic (exact) mass is 551 g/mol. The molecule has 1 aromatic heterocycles. The van der Waals surface area contributed by atoms with Crippen LogP contribution in [-0.4, -0.2) is 104 Å².